The molecule has 0 unspecified atom stereocenters. The Labute approximate surface area is 139 Å². The van der Waals surface area contributed by atoms with Crippen LogP contribution >= 0.6 is 0 Å². The van der Waals surface area contributed by atoms with Gasteiger partial charge in [0.1, 0.15) is 0 Å². The summed E-state index contributed by atoms with van der Waals surface area (Å²) in [6.45, 7) is 3.70. The lowest BCUT2D eigenvalue weighted by Gasteiger charge is -2.34. The Bertz CT molecular complexity index is 854. The molecule has 1 saturated heterocycles. The summed E-state index contributed by atoms with van der Waals surface area (Å²) in [4.78, 5) is 17.3. The van der Waals surface area contributed by atoms with Crippen LogP contribution in [0.4, 0.5) is 5.69 Å². The molecule has 0 aliphatic carbocycles. The van der Waals surface area contributed by atoms with Crippen molar-refractivity contribution in [3.63, 3.8) is 0 Å². The fourth-order valence-corrected chi connectivity index (χ4v) is 3.97. The number of sulfonamides is 1. The summed E-state index contributed by atoms with van der Waals surface area (Å²) in [5, 5.41) is -0.260. The van der Waals surface area contributed by atoms with Gasteiger partial charge in [0.25, 0.3) is 15.9 Å². The van der Waals surface area contributed by atoms with Gasteiger partial charge in [-0.05, 0) is 31.2 Å². The highest BCUT2D eigenvalue weighted by Crippen LogP contribution is 2.22. The van der Waals surface area contributed by atoms with Gasteiger partial charge in [0.15, 0.2) is 5.76 Å². The number of hydrogen-bond acceptors (Lipinski definition) is 6. The Morgan fingerprint density at radius 1 is 1.21 bits per heavy atom. The van der Waals surface area contributed by atoms with Crippen LogP contribution in [-0.2, 0) is 10.0 Å². The van der Waals surface area contributed by atoms with Gasteiger partial charge < -0.3 is 15.1 Å². The second-order valence-corrected chi connectivity index (χ2v) is 7.40. The minimum atomic E-state index is -3.77. The monoisotopic (exact) mass is 350 g/mol. The zero-order chi connectivity index (χ0) is 17.3. The van der Waals surface area contributed by atoms with Crippen molar-refractivity contribution in [2.24, 2.45) is 5.73 Å². The average Bonchev–Trinajstić information content (AvgIpc) is 3.06. The van der Waals surface area contributed by atoms with Crippen LogP contribution in [0, 0.1) is 6.92 Å². The van der Waals surface area contributed by atoms with E-state index in [9.17, 15) is 13.2 Å². The first-order valence-corrected chi connectivity index (χ1v) is 8.89. The molecule has 0 saturated carbocycles. The number of carbonyl (C=O) groups excluding carboxylic acids is 1. The number of hydrogen-bond donors (Lipinski definition) is 1. The fraction of sp³-hybridized carbons (Fsp3) is 0.333. The van der Waals surface area contributed by atoms with Gasteiger partial charge in [0, 0.05) is 43.8 Å². The molecule has 1 aliphatic rings. The van der Waals surface area contributed by atoms with Crippen LogP contribution in [0.15, 0.2) is 40.0 Å². The van der Waals surface area contributed by atoms with Crippen LogP contribution in [0.3, 0.4) is 0 Å². The average molecular weight is 350 g/mol. The third-order valence-electron chi connectivity index (χ3n) is 3.90. The van der Waals surface area contributed by atoms with E-state index < -0.39 is 15.9 Å². The number of pyridine rings is 1. The van der Waals surface area contributed by atoms with Gasteiger partial charge in [-0.1, -0.05) is 0 Å². The van der Waals surface area contributed by atoms with Crippen LogP contribution < -0.4 is 10.6 Å². The van der Waals surface area contributed by atoms with Crippen molar-refractivity contribution in [1.29, 1.82) is 0 Å². The molecule has 1 fully saturated rings. The molecule has 9 heteroatoms. The third-order valence-corrected chi connectivity index (χ3v) is 5.68. The highest BCUT2D eigenvalue weighted by molar-refractivity contribution is 7.89. The number of furan rings is 1. The lowest BCUT2D eigenvalue weighted by Crippen LogP contribution is -2.48. The molecule has 3 rings (SSSR count). The Morgan fingerprint density at radius 3 is 2.50 bits per heavy atom. The number of anilines is 1. The normalized spacial score (nSPS) is 16.3. The van der Waals surface area contributed by atoms with Crippen LogP contribution in [0.1, 0.15) is 16.2 Å². The van der Waals surface area contributed by atoms with Crippen molar-refractivity contribution >= 4 is 21.6 Å². The van der Waals surface area contributed by atoms with Crippen molar-refractivity contribution in [1.82, 2.24) is 9.29 Å². The smallest absolute Gasteiger partial charge is 0.284 e. The Balaban J connectivity index is 1.72. The summed E-state index contributed by atoms with van der Waals surface area (Å²) in [5.74, 6) is -0.964. The number of carbonyl (C=O) groups is 1. The number of nitrogens with two attached hydrogens (primary N) is 1. The number of primary amides is 1. The molecule has 24 heavy (non-hydrogen) atoms. The second-order valence-electron chi connectivity index (χ2n) is 5.53. The maximum absolute atomic E-state index is 12.6. The van der Waals surface area contributed by atoms with E-state index in [4.69, 9.17) is 10.2 Å². The van der Waals surface area contributed by atoms with Gasteiger partial charge in [0.2, 0.25) is 5.09 Å². The summed E-state index contributed by atoms with van der Waals surface area (Å²) >= 11 is 0. The van der Waals surface area contributed by atoms with Gasteiger partial charge in [-0.3, -0.25) is 9.78 Å². The van der Waals surface area contributed by atoms with Gasteiger partial charge in [-0.25, -0.2) is 8.42 Å². The van der Waals surface area contributed by atoms with E-state index in [-0.39, 0.29) is 10.9 Å². The zero-order valence-electron chi connectivity index (χ0n) is 13.2. The van der Waals surface area contributed by atoms with Crippen molar-refractivity contribution in [3.05, 3.63) is 41.9 Å². The molecule has 0 radical (unpaired) electrons. The van der Waals surface area contributed by atoms with Gasteiger partial charge in [0.05, 0.1) is 0 Å². The molecule has 1 aliphatic heterocycles. The number of aryl methyl sites for hydroxylation is 1. The van der Waals surface area contributed by atoms with E-state index in [2.05, 4.69) is 9.88 Å². The number of amides is 1. The first-order chi connectivity index (χ1) is 11.4. The quantitative estimate of drug-likeness (QED) is 0.864. The van der Waals surface area contributed by atoms with E-state index in [1.807, 2.05) is 19.1 Å². The minimum absolute atomic E-state index is 0.167. The molecule has 0 aromatic carbocycles. The summed E-state index contributed by atoms with van der Waals surface area (Å²) in [7, 11) is -3.77. The molecule has 0 spiro atoms. The first-order valence-electron chi connectivity index (χ1n) is 7.45. The molecule has 128 valence electrons. The summed E-state index contributed by atoms with van der Waals surface area (Å²) in [6.07, 6.45) is 1.74. The lowest BCUT2D eigenvalue weighted by molar-refractivity contribution is 0.0968. The largest absolute Gasteiger partial charge is 0.438 e. The van der Waals surface area contributed by atoms with Crippen molar-refractivity contribution in [2.45, 2.75) is 12.0 Å². The van der Waals surface area contributed by atoms with Crippen LogP contribution in [0.5, 0.6) is 0 Å². The maximum atomic E-state index is 12.6. The fourth-order valence-electron chi connectivity index (χ4n) is 2.63. The van der Waals surface area contributed by atoms with Crippen LogP contribution in [-0.4, -0.2) is 49.8 Å². The van der Waals surface area contributed by atoms with Crippen molar-refractivity contribution in [2.75, 3.05) is 31.1 Å². The minimum Gasteiger partial charge on any atom is -0.438 e. The standard InChI is InChI=1S/C15H18N4O4S/c1-11-10-12(4-5-17-11)18-6-8-19(9-7-18)24(21,22)14-3-2-13(23-14)15(16)20/h2-5,10H,6-9H2,1H3,(H2,16,20). The topological polar surface area (TPSA) is 110 Å². The number of aromatic nitrogens is 1. The summed E-state index contributed by atoms with van der Waals surface area (Å²) in [6, 6.07) is 6.40. The number of nitrogens with zero attached hydrogens (tertiary/aromatic N) is 3. The Kier molecular flexibility index (Phi) is 4.29. The maximum Gasteiger partial charge on any atom is 0.284 e. The molecule has 8 nitrogen and oxygen atoms in total. The molecule has 2 N–H and O–H groups in total. The molecule has 0 atom stereocenters. The highest BCUT2D eigenvalue weighted by Gasteiger charge is 2.31. The molecule has 2 aromatic rings. The number of piperazine rings is 1. The number of rotatable bonds is 4. The van der Waals surface area contributed by atoms with Crippen LogP contribution in [0.2, 0.25) is 0 Å². The Hall–Kier alpha value is -2.39. The molecule has 2 aromatic heterocycles. The van der Waals surface area contributed by atoms with Crippen LogP contribution in [0.25, 0.3) is 0 Å². The molecule has 0 bridgehead atoms. The van der Waals surface area contributed by atoms with E-state index in [1.165, 1.54) is 16.4 Å². The third kappa shape index (κ3) is 3.13. The van der Waals surface area contributed by atoms with E-state index in [0.717, 1.165) is 11.4 Å². The molecular formula is C15H18N4O4S. The van der Waals surface area contributed by atoms with E-state index >= 15 is 0 Å². The summed E-state index contributed by atoms with van der Waals surface area (Å²) < 4.78 is 31.6. The van der Waals surface area contributed by atoms with Gasteiger partial charge >= 0.3 is 0 Å². The van der Waals surface area contributed by atoms with Crippen molar-refractivity contribution < 1.29 is 17.6 Å². The first kappa shape index (κ1) is 16.5. The molecule has 1 amide bonds. The lowest BCUT2D eigenvalue weighted by atomic mass is 10.2. The van der Waals surface area contributed by atoms with Gasteiger partial charge in [-0.2, -0.15) is 4.31 Å². The van der Waals surface area contributed by atoms with Crippen molar-refractivity contribution in [3.8, 4) is 0 Å². The molecular weight excluding hydrogens is 332 g/mol. The summed E-state index contributed by atoms with van der Waals surface area (Å²) in [5.41, 5.74) is 7.03. The predicted molar refractivity (Wildman–Crippen MR) is 87.2 cm³/mol. The SMILES string of the molecule is Cc1cc(N2CCN(S(=O)(=O)c3ccc(C(N)=O)o3)CC2)ccn1. The van der Waals surface area contributed by atoms with E-state index in [0.29, 0.717) is 26.2 Å². The predicted octanol–water partition coefficient (Wildman–Crippen LogP) is 0.593. The highest BCUT2D eigenvalue weighted by atomic mass is 32.2. The molecule has 3 heterocycles. The zero-order valence-corrected chi connectivity index (χ0v) is 14.0. The van der Waals surface area contributed by atoms with E-state index in [1.54, 1.807) is 6.20 Å². The second kappa shape index (κ2) is 6.25. The van der Waals surface area contributed by atoms with Gasteiger partial charge in [-0.15, -0.1) is 0 Å². The Morgan fingerprint density at radius 2 is 1.92 bits per heavy atom.